The van der Waals surface area contributed by atoms with Gasteiger partial charge in [0.25, 0.3) is 0 Å². The van der Waals surface area contributed by atoms with E-state index >= 15 is 0 Å². The lowest BCUT2D eigenvalue weighted by Crippen LogP contribution is -2.06. The van der Waals surface area contributed by atoms with Gasteiger partial charge in [0.15, 0.2) is 9.84 Å². The van der Waals surface area contributed by atoms with Crippen LogP contribution in [-0.2, 0) is 20.3 Å². The number of methoxy groups -OCH3 is 1. The predicted octanol–water partition coefficient (Wildman–Crippen LogP) is 1.06. The Bertz CT molecular complexity index is 718. The molecular weight excluding hydrogens is 268 g/mol. The molecule has 0 amide bonds. The van der Waals surface area contributed by atoms with Crippen LogP contribution in [0, 0.1) is 0 Å². The molecule has 0 aliphatic carbocycles. The molecule has 0 N–H and O–H groups in total. The van der Waals surface area contributed by atoms with E-state index in [9.17, 15) is 13.2 Å². The quantitative estimate of drug-likeness (QED) is 0.783. The zero-order valence-corrected chi connectivity index (χ0v) is 11.5. The molecule has 0 spiro atoms. The Morgan fingerprint density at radius 2 is 2.11 bits per heavy atom. The number of sulfone groups is 1. The Labute approximate surface area is 110 Å². The number of carbonyl (C=O) groups is 1. The number of carbonyl (C=O) groups excluding carboxylic acids is 1. The fourth-order valence-electron chi connectivity index (χ4n) is 1.68. The molecule has 2 aromatic heterocycles. The van der Waals surface area contributed by atoms with E-state index in [0.717, 1.165) is 0 Å². The van der Waals surface area contributed by atoms with Gasteiger partial charge in [-0.25, -0.2) is 18.2 Å². The Kier molecular flexibility index (Phi) is 3.57. The number of rotatable bonds is 4. The molecule has 7 heteroatoms. The van der Waals surface area contributed by atoms with E-state index in [4.69, 9.17) is 0 Å². The summed E-state index contributed by atoms with van der Waals surface area (Å²) in [6.07, 6.45) is 3.17. The highest BCUT2D eigenvalue weighted by atomic mass is 32.2. The second-order valence-electron chi connectivity index (χ2n) is 4.08. The van der Waals surface area contributed by atoms with Crippen LogP contribution in [0.2, 0.25) is 0 Å². The van der Waals surface area contributed by atoms with Gasteiger partial charge in [0.05, 0.1) is 24.1 Å². The molecule has 0 unspecified atom stereocenters. The van der Waals surface area contributed by atoms with Crippen molar-refractivity contribution in [2.45, 2.75) is 12.7 Å². The van der Waals surface area contributed by atoms with E-state index in [1.165, 1.54) is 7.11 Å². The number of aromatic nitrogens is 2. The van der Waals surface area contributed by atoms with Crippen LogP contribution in [0.4, 0.5) is 0 Å². The summed E-state index contributed by atoms with van der Waals surface area (Å²) < 4.78 is 29.3. The number of esters is 1. The SMILES string of the molecule is CCS(=O)(=O)Cc1cn2cc(C(=O)OC)ccc2n1. The van der Waals surface area contributed by atoms with Crippen molar-refractivity contribution in [3.8, 4) is 0 Å². The average molecular weight is 282 g/mol. The zero-order valence-electron chi connectivity index (χ0n) is 10.7. The number of hydrogen-bond donors (Lipinski definition) is 0. The van der Waals surface area contributed by atoms with Gasteiger partial charge in [-0.2, -0.15) is 0 Å². The molecule has 2 aromatic rings. The Morgan fingerprint density at radius 1 is 1.37 bits per heavy atom. The molecule has 19 heavy (non-hydrogen) atoms. The normalized spacial score (nSPS) is 11.7. The maximum absolute atomic E-state index is 11.5. The fourth-order valence-corrected chi connectivity index (χ4v) is 2.47. The van der Waals surface area contributed by atoms with E-state index in [1.54, 1.807) is 35.9 Å². The first-order valence-corrected chi connectivity index (χ1v) is 7.53. The minimum absolute atomic E-state index is 0.0777. The molecule has 0 saturated heterocycles. The van der Waals surface area contributed by atoms with Gasteiger partial charge in [0.2, 0.25) is 0 Å². The predicted molar refractivity (Wildman–Crippen MR) is 69.7 cm³/mol. The summed E-state index contributed by atoms with van der Waals surface area (Å²) in [6.45, 7) is 1.60. The molecule has 6 nitrogen and oxygen atoms in total. The monoisotopic (exact) mass is 282 g/mol. The lowest BCUT2D eigenvalue weighted by atomic mass is 10.3. The summed E-state index contributed by atoms with van der Waals surface area (Å²) in [6, 6.07) is 3.24. The lowest BCUT2D eigenvalue weighted by molar-refractivity contribution is 0.0600. The van der Waals surface area contributed by atoms with Crippen molar-refractivity contribution in [2.24, 2.45) is 0 Å². The smallest absolute Gasteiger partial charge is 0.339 e. The number of imidazole rings is 1. The van der Waals surface area contributed by atoms with Crippen LogP contribution in [-0.4, -0.2) is 36.6 Å². The molecule has 2 heterocycles. The molecule has 0 fully saturated rings. The van der Waals surface area contributed by atoms with Crippen LogP contribution in [0.15, 0.2) is 24.5 Å². The summed E-state index contributed by atoms with van der Waals surface area (Å²) in [5.41, 5.74) is 1.44. The van der Waals surface area contributed by atoms with Crippen molar-refractivity contribution >= 4 is 21.5 Å². The van der Waals surface area contributed by atoms with Crippen LogP contribution in [0.1, 0.15) is 23.0 Å². The molecule has 0 aliphatic rings. The number of hydrogen-bond acceptors (Lipinski definition) is 5. The van der Waals surface area contributed by atoms with Crippen LogP contribution < -0.4 is 0 Å². The van der Waals surface area contributed by atoms with Crippen LogP contribution in [0.5, 0.6) is 0 Å². The minimum atomic E-state index is -3.12. The number of fused-ring (bicyclic) bond motifs is 1. The van der Waals surface area contributed by atoms with E-state index in [2.05, 4.69) is 9.72 Å². The van der Waals surface area contributed by atoms with E-state index in [1.807, 2.05) is 0 Å². The molecule has 0 aromatic carbocycles. The first-order valence-electron chi connectivity index (χ1n) is 5.71. The highest BCUT2D eigenvalue weighted by Crippen LogP contribution is 2.11. The Balaban J connectivity index is 2.38. The standard InChI is InChI=1S/C12H14N2O4S/c1-3-19(16,17)8-10-7-14-6-9(12(15)18-2)4-5-11(14)13-10/h4-7H,3,8H2,1-2H3. The van der Waals surface area contributed by atoms with Gasteiger partial charge in [-0.3, -0.25) is 0 Å². The van der Waals surface area contributed by atoms with Gasteiger partial charge < -0.3 is 9.14 Å². The lowest BCUT2D eigenvalue weighted by Gasteiger charge is -1.99. The third-order valence-electron chi connectivity index (χ3n) is 2.73. The minimum Gasteiger partial charge on any atom is -0.465 e. The van der Waals surface area contributed by atoms with Gasteiger partial charge in [-0.05, 0) is 12.1 Å². The Morgan fingerprint density at radius 3 is 2.74 bits per heavy atom. The highest BCUT2D eigenvalue weighted by molar-refractivity contribution is 7.90. The highest BCUT2D eigenvalue weighted by Gasteiger charge is 2.13. The van der Waals surface area contributed by atoms with E-state index in [0.29, 0.717) is 16.9 Å². The second-order valence-corrected chi connectivity index (χ2v) is 6.44. The van der Waals surface area contributed by atoms with E-state index in [-0.39, 0.29) is 11.5 Å². The summed E-state index contributed by atoms with van der Waals surface area (Å²) in [7, 11) is -1.81. The first kappa shape index (κ1) is 13.5. The van der Waals surface area contributed by atoms with Gasteiger partial charge in [0, 0.05) is 18.1 Å². The molecule has 102 valence electrons. The maximum atomic E-state index is 11.5. The third kappa shape index (κ3) is 2.93. The van der Waals surface area contributed by atoms with Crippen LogP contribution >= 0.6 is 0 Å². The van der Waals surface area contributed by atoms with Crippen molar-refractivity contribution in [1.29, 1.82) is 0 Å². The van der Waals surface area contributed by atoms with Gasteiger partial charge in [0.1, 0.15) is 5.65 Å². The number of pyridine rings is 1. The third-order valence-corrected chi connectivity index (χ3v) is 4.34. The van der Waals surface area contributed by atoms with Gasteiger partial charge in [-0.1, -0.05) is 6.92 Å². The van der Waals surface area contributed by atoms with Gasteiger partial charge in [-0.15, -0.1) is 0 Å². The topological polar surface area (TPSA) is 77.7 Å². The largest absolute Gasteiger partial charge is 0.465 e. The Hall–Kier alpha value is -1.89. The molecule has 2 rings (SSSR count). The molecule has 0 radical (unpaired) electrons. The van der Waals surface area contributed by atoms with Crippen molar-refractivity contribution < 1.29 is 17.9 Å². The van der Waals surface area contributed by atoms with Crippen molar-refractivity contribution in [1.82, 2.24) is 9.38 Å². The summed E-state index contributed by atoms with van der Waals surface area (Å²) >= 11 is 0. The molecule has 0 saturated carbocycles. The van der Waals surface area contributed by atoms with Crippen LogP contribution in [0.25, 0.3) is 5.65 Å². The van der Waals surface area contributed by atoms with Crippen molar-refractivity contribution in [3.05, 3.63) is 35.8 Å². The molecule has 0 aliphatic heterocycles. The number of nitrogens with zero attached hydrogens (tertiary/aromatic N) is 2. The maximum Gasteiger partial charge on any atom is 0.339 e. The summed E-state index contributed by atoms with van der Waals surface area (Å²) in [5.74, 6) is -0.467. The summed E-state index contributed by atoms with van der Waals surface area (Å²) in [5, 5.41) is 0. The molecule has 0 bridgehead atoms. The van der Waals surface area contributed by atoms with Crippen molar-refractivity contribution in [2.75, 3.05) is 12.9 Å². The van der Waals surface area contributed by atoms with Gasteiger partial charge >= 0.3 is 5.97 Å². The number of ether oxygens (including phenoxy) is 1. The molecular formula is C12H14N2O4S. The van der Waals surface area contributed by atoms with E-state index < -0.39 is 15.8 Å². The fraction of sp³-hybridized carbons (Fsp3) is 0.333. The first-order chi connectivity index (χ1) is 8.95. The van der Waals surface area contributed by atoms with Crippen LogP contribution in [0.3, 0.4) is 0 Å². The zero-order chi connectivity index (χ0) is 14.0. The molecule has 0 atom stereocenters. The second kappa shape index (κ2) is 5.00. The summed E-state index contributed by atoms with van der Waals surface area (Å²) in [4.78, 5) is 15.6. The average Bonchev–Trinajstić information content (AvgIpc) is 2.77. The van der Waals surface area contributed by atoms with Crippen molar-refractivity contribution in [3.63, 3.8) is 0 Å².